The highest BCUT2D eigenvalue weighted by Crippen LogP contribution is 2.21. The molecule has 0 aromatic carbocycles. The zero-order valence-electron chi connectivity index (χ0n) is 9.71. The minimum Gasteiger partial charge on any atom is -0.480 e. The van der Waals surface area contributed by atoms with Crippen molar-refractivity contribution in [2.24, 2.45) is 0 Å². The minimum atomic E-state index is -0.798. The lowest BCUT2D eigenvalue weighted by molar-refractivity contribution is -0.145. The molecule has 1 aliphatic heterocycles. The molecule has 2 N–H and O–H groups in total. The van der Waals surface area contributed by atoms with Crippen molar-refractivity contribution in [3.8, 4) is 0 Å². The molecule has 0 bridgehead atoms. The first-order valence-electron chi connectivity index (χ1n) is 5.65. The molecule has 1 aromatic heterocycles. The van der Waals surface area contributed by atoms with Crippen LogP contribution in [0.4, 0.5) is 0 Å². The molecule has 2 heterocycles. The van der Waals surface area contributed by atoms with Gasteiger partial charge in [0.2, 0.25) is 0 Å². The number of nitrogens with one attached hydrogen (secondary N) is 1. The summed E-state index contributed by atoms with van der Waals surface area (Å²) in [6.07, 6.45) is 4.93. The van der Waals surface area contributed by atoms with Crippen LogP contribution < -0.4 is 5.32 Å². The van der Waals surface area contributed by atoms with E-state index in [0.717, 1.165) is 12.2 Å². The van der Waals surface area contributed by atoms with E-state index in [4.69, 9.17) is 0 Å². The summed E-state index contributed by atoms with van der Waals surface area (Å²) in [5, 5.41) is 12.3. The van der Waals surface area contributed by atoms with Gasteiger partial charge in [0.25, 0.3) is 0 Å². The van der Waals surface area contributed by atoms with Crippen LogP contribution in [-0.4, -0.2) is 51.6 Å². The normalized spacial score (nSPS) is 23.2. The maximum atomic E-state index is 11.2. The van der Waals surface area contributed by atoms with E-state index < -0.39 is 12.0 Å². The number of hydrogen-bond acceptors (Lipinski definition) is 5. The summed E-state index contributed by atoms with van der Waals surface area (Å²) in [5.74, 6) is -0.798. The molecule has 2 rings (SSSR count). The Balaban J connectivity index is 2.16. The highest BCUT2D eigenvalue weighted by atomic mass is 16.4. The van der Waals surface area contributed by atoms with E-state index in [1.54, 1.807) is 18.6 Å². The van der Waals surface area contributed by atoms with E-state index in [2.05, 4.69) is 15.3 Å². The summed E-state index contributed by atoms with van der Waals surface area (Å²) in [6, 6.07) is -0.535. The number of carboxylic acids is 1. The maximum absolute atomic E-state index is 11.2. The summed E-state index contributed by atoms with van der Waals surface area (Å²) >= 11 is 0. The number of rotatable bonds is 3. The average molecular weight is 236 g/mol. The Morgan fingerprint density at radius 2 is 2.47 bits per heavy atom. The molecule has 1 saturated heterocycles. The fraction of sp³-hybridized carbons (Fsp3) is 0.545. The molecule has 1 aromatic rings. The smallest absolute Gasteiger partial charge is 0.322 e. The van der Waals surface area contributed by atoms with Crippen LogP contribution in [0.2, 0.25) is 0 Å². The lowest BCUT2D eigenvalue weighted by Gasteiger charge is -2.37. The van der Waals surface area contributed by atoms with Crippen LogP contribution in [0.1, 0.15) is 18.7 Å². The molecule has 0 amide bonds. The van der Waals surface area contributed by atoms with Gasteiger partial charge in [0.15, 0.2) is 0 Å². The van der Waals surface area contributed by atoms with Crippen LogP contribution in [0.3, 0.4) is 0 Å². The molecule has 0 saturated carbocycles. The second-order valence-electron chi connectivity index (χ2n) is 4.10. The molecule has 0 spiro atoms. The zero-order valence-corrected chi connectivity index (χ0v) is 9.71. The van der Waals surface area contributed by atoms with Crippen molar-refractivity contribution < 1.29 is 9.90 Å². The second-order valence-corrected chi connectivity index (χ2v) is 4.10. The van der Waals surface area contributed by atoms with Crippen molar-refractivity contribution in [3.63, 3.8) is 0 Å². The molecular formula is C11H16N4O2. The molecule has 0 aliphatic carbocycles. The summed E-state index contributed by atoms with van der Waals surface area (Å²) in [5.41, 5.74) is 0.806. The van der Waals surface area contributed by atoms with Crippen LogP contribution in [0.15, 0.2) is 18.6 Å². The van der Waals surface area contributed by atoms with E-state index in [9.17, 15) is 9.90 Å². The van der Waals surface area contributed by atoms with Crippen LogP contribution in [-0.2, 0) is 4.79 Å². The Kier molecular flexibility index (Phi) is 3.65. The van der Waals surface area contributed by atoms with Gasteiger partial charge in [0.1, 0.15) is 6.04 Å². The minimum absolute atomic E-state index is 0.0353. The van der Waals surface area contributed by atoms with Gasteiger partial charge in [-0.05, 0) is 6.92 Å². The molecule has 17 heavy (non-hydrogen) atoms. The number of carboxylic acid groups (broad SMARTS) is 1. The van der Waals surface area contributed by atoms with Gasteiger partial charge in [-0.15, -0.1) is 0 Å². The van der Waals surface area contributed by atoms with E-state index >= 15 is 0 Å². The van der Waals surface area contributed by atoms with Gasteiger partial charge in [-0.1, -0.05) is 0 Å². The second kappa shape index (κ2) is 5.20. The Morgan fingerprint density at radius 1 is 1.65 bits per heavy atom. The highest BCUT2D eigenvalue weighted by Gasteiger charge is 2.32. The monoisotopic (exact) mass is 236 g/mol. The van der Waals surface area contributed by atoms with Crippen molar-refractivity contribution in [1.82, 2.24) is 20.2 Å². The molecule has 6 nitrogen and oxygen atoms in total. The van der Waals surface area contributed by atoms with Crippen LogP contribution in [0.25, 0.3) is 0 Å². The van der Waals surface area contributed by atoms with Crippen molar-refractivity contribution in [1.29, 1.82) is 0 Å². The summed E-state index contributed by atoms with van der Waals surface area (Å²) in [7, 11) is 0. The first-order chi connectivity index (χ1) is 8.20. The van der Waals surface area contributed by atoms with Gasteiger partial charge in [0.05, 0.1) is 11.7 Å². The van der Waals surface area contributed by atoms with E-state index in [0.29, 0.717) is 13.1 Å². The van der Waals surface area contributed by atoms with Crippen LogP contribution >= 0.6 is 0 Å². The zero-order chi connectivity index (χ0) is 12.3. The predicted octanol–water partition coefficient (Wildman–Crippen LogP) is -0.104. The van der Waals surface area contributed by atoms with Gasteiger partial charge in [-0.2, -0.15) is 0 Å². The standard InChI is InChI=1S/C11H16N4O2/c1-8(9-6-12-2-3-14-9)15-5-4-13-7-10(15)11(16)17/h2-3,6,8,10,13H,4-5,7H2,1H3,(H,16,17). The maximum Gasteiger partial charge on any atom is 0.322 e. The Bertz CT molecular complexity index is 384. The Labute approximate surface area is 99.7 Å². The Hall–Kier alpha value is -1.53. The summed E-state index contributed by atoms with van der Waals surface area (Å²) in [4.78, 5) is 21.4. The average Bonchev–Trinajstić information content (AvgIpc) is 2.39. The molecule has 1 fully saturated rings. The molecule has 92 valence electrons. The number of piperazine rings is 1. The largest absolute Gasteiger partial charge is 0.480 e. The van der Waals surface area contributed by atoms with Crippen molar-refractivity contribution in [3.05, 3.63) is 24.3 Å². The van der Waals surface area contributed by atoms with Crippen LogP contribution in [0.5, 0.6) is 0 Å². The Morgan fingerprint density at radius 3 is 3.12 bits per heavy atom. The van der Waals surface area contributed by atoms with Gasteiger partial charge in [0, 0.05) is 38.2 Å². The lowest BCUT2D eigenvalue weighted by atomic mass is 10.1. The first kappa shape index (κ1) is 11.9. The molecule has 0 radical (unpaired) electrons. The number of hydrogen-bond donors (Lipinski definition) is 2. The first-order valence-corrected chi connectivity index (χ1v) is 5.65. The number of aliphatic carboxylic acids is 1. The fourth-order valence-electron chi connectivity index (χ4n) is 2.11. The predicted molar refractivity (Wildman–Crippen MR) is 61.4 cm³/mol. The van der Waals surface area contributed by atoms with E-state index in [-0.39, 0.29) is 6.04 Å². The van der Waals surface area contributed by atoms with Gasteiger partial charge < -0.3 is 10.4 Å². The quantitative estimate of drug-likeness (QED) is 0.763. The SMILES string of the molecule is CC(c1cnccn1)N1CCNCC1C(=O)O. The van der Waals surface area contributed by atoms with Gasteiger partial charge in [-0.3, -0.25) is 19.7 Å². The third-order valence-corrected chi connectivity index (χ3v) is 3.08. The lowest BCUT2D eigenvalue weighted by Crippen LogP contribution is -2.55. The third-order valence-electron chi connectivity index (χ3n) is 3.08. The topological polar surface area (TPSA) is 78.4 Å². The van der Waals surface area contributed by atoms with Crippen molar-refractivity contribution in [2.45, 2.75) is 19.0 Å². The van der Waals surface area contributed by atoms with E-state index in [1.807, 2.05) is 11.8 Å². The summed E-state index contributed by atoms with van der Waals surface area (Å²) < 4.78 is 0. The number of nitrogens with zero attached hydrogens (tertiary/aromatic N) is 3. The highest BCUT2D eigenvalue weighted by molar-refractivity contribution is 5.74. The van der Waals surface area contributed by atoms with Crippen LogP contribution in [0, 0.1) is 0 Å². The molecule has 1 aliphatic rings. The number of aromatic nitrogens is 2. The number of carbonyl (C=O) groups is 1. The molecule has 6 heteroatoms. The van der Waals surface area contributed by atoms with Crippen molar-refractivity contribution >= 4 is 5.97 Å². The van der Waals surface area contributed by atoms with Gasteiger partial charge >= 0.3 is 5.97 Å². The summed E-state index contributed by atoms with van der Waals surface area (Å²) in [6.45, 7) is 3.94. The molecular weight excluding hydrogens is 220 g/mol. The van der Waals surface area contributed by atoms with Crippen molar-refractivity contribution in [2.75, 3.05) is 19.6 Å². The molecule has 2 atom stereocenters. The third kappa shape index (κ3) is 2.59. The van der Waals surface area contributed by atoms with Gasteiger partial charge in [-0.25, -0.2) is 0 Å². The van der Waals surface area contributed by atoms with E-state index in [1.165, 1.54) is 0 Å². The molecule has 2 unspecified atom stereocenters. The fourth-order valence-corrected chi connectivity index (χ4v) is 2.11.